The molecule has 0 radical (unpaired) electrons. The third-order valence-electron chi connectivity index (χ3n) is 7.08. The fourth-order valence-electron chi connectivity index (χ4n) is 4.62. The van der Waals surface area contributed by atoms with E-state index in [9.17, 15) is 27.6 Å². The Labute approximate surface area is 241 Å². The monoisotopic (exact) mass is 589 g/mol. The average Bonchev–Trinajstić information content (AvgIpc) is 3.42. The number of methoxy groups -OCH3 is 1. The average molecular weight is 590 g/mol. The van der Waals surface area contributed by atoms with Crippen LogP contribution < -0.4 is 5.32 Å². The zero-order chi connectivity index (χ0) is 31.0. The van der Waals surface area contributed by atoms with Crippen LogP contribution in [0, 0.1) is 5.41 Å². The lowest BCUT2D eigenvalue weighted by Crippen LogP contribution is -2.37. The van der Waals surface area contributed by atoms with E-state index in [-0.39, 0.29) is 25.1 Å². The van der Waals surface area contributed by atoms with E-state index < -0.39 is 47.2 Å². The number of carbonyl (C=O) groups is 3. The minimum atomic E-state index is -4.45. The summed E-state index contributed by atoms with van der Waals surface area (Å²) in [5.41, 5.74) is -1.22. The van der Waals surface area contributed by atoms with E-state index in [1.807, 2.05) is 0 Å². The molecular formula is C29H34F3N5O5. The predicted molar refractivity (Wildman–Crippen MR) is 146 cm³/mol. The number of alkyl carbamates (subject to hydrolysis) is 1. The molecule has 0 saturated heterocycles. The summed E-state index contributed by atoms with van der Waals surface area (Å²) in [5.74, 6) is -0.925. The third-order valence-corrected chi connectivity index (χ3v) is 7.08. The molecule has 10 nitrogen and oxygen atoms in total. The molecule has 3 amide bonds. The van der Waals surface area contributed by atoms with Crippen molar-refractivity contribution in [1.29, 1.82) is 0 Å². The number of benzene rings is 1. The number of fused-ring (bicyclic) bond motifs is 2. The number of hydrogen-bond acceptors (Lipinski definition) is 7. The minimum Gasteiger partial charge on any atom is -0.444 e. The minimum absolute atomic E-state index is 0.00770. The lowest BCUT2D eigenvalue weighted by Gasteiger charge is -2.29. The fraction of sp³-hybridized carbons (Fsp3) is 0.483. The van der Waals surface area contributed by atoms with Crippen molar-refractivity contribution in [2.45, 2.75) is 71.3 Å². The number of imide groups is 1. The molecule has 0 unspecified atom stereocenters. The number of nitrogens with one attached hydrogen (secondary N) is 1. The van der Waals surface area contributed by atoms with Crippen LogP contribution in [0.3, 0.4) is 0 Å². The van der Waals surface area contributed by atoms with Crippen molar-refractivity contribution in [2.24, 2.45) is 5.41 Å². The van der Waals surface area contributed by atoms with Crippen LogP contribution in [-0.2, 0) is 9.47 Å². The second-order valence-electron chi connectivity index (χ2n) is 11.9. The largest absolute Gasteiger partial charge is 0.444 e. The van der Waals surface area contributed by atoms with Crippen molar-refractivity contribution in [1.82, 2.24) is 24.8 Å². The van der Waals surface area contributed by atoms with E-state index in [1.54, 1.807) is 51.1 Å². The Bertz CT molecular complexity index is 1460. The molecule has 1 aliphatic rings. The van der Waals surface area contributed by atoms with Crippen molar-refractivity contribution in [2.75, 3.05) is 13.7 Å². The molecule has 2 atom stereocenters. The second-order valence-corrected chi connectivity index (χ2v) is 11.9. The zero-order valence-electron chi connectivity index (χ0n) is 24.3. The van der Waals surface area contributed by atoms with Crippen molar-refractivity contribution in [3.8, 4) is 0 Å². The van der Waals surface area contributed by atoms with Gasteiger partial charge >= 0.3 is 12.3 Å². The van der Waals surface area contributed by atoms with E-state index in [4.69, 9.17) is 9.47 Å². The molecule has 3 heterocycles. The zero-order valence-corrected chi connectivity index (χ0v) is 24.3. The second kappa shape index (κ2) is 11.3. The van der Waals surface area contributed by atoms with E-state index >= 15 is 0 Å². The number of halogens is 3. The summed E-state index contributed by atoms with van der Waals surface area (Å²) in [6.07, 6.45) is -2.64. The van der Waals surface area contributed by atoms with Gasteiger partial charge in [0.15, 0.2) is 5.65 Å². The Morgan fingerprint density at radius 2 is 1.67 bits per heavy atom. The lowest BCUT2D eigenvalue weighted by molar-refractivity contribution is -0.214. The summed E-state index contributed by atoms with van der Waals surface area (Å²) >= 11 is 0. The van der Waals surface area contributed by atoms with Gasteiger partial charge in [-0.25, -0.2) is 14.3 Å². The highest BCUT2D eigenvalue weighted by Gasteiger charge is 2.47. The number of alkyl halides is 3. The summed E-state index contributed by atoms with van der Waals surface area (Å²) in [5, 5.41) is 7.02. The van der Waals surface area contributed by atoms with Crippen LogP contribution in [0.5, 0.6) is 0 Å². The smallest absolute Gasteiger partial charge is 0.408 e. The summed E-state index contributed by atoms with van der Waals surface area (Å²) < 4.78 is 52.9. The van der Waals surface area contributed by atoms with Crippen LogP contribution in [-0.4, -0.2) is 62.9 Å². The van der Waals surface area contributed by atoms with Crippen LogP contribution in [0.15, 0.2) is 42.7 Å². The quantitative estimate of drug-likeness (QED) is 0.321. The number of nitrogens with zero attached hydrogens (tertiary/aromatic N) is 4. The van der Waals surface area contributed by atoms with Gasteiger partial charge in [0.2, 0.25) is 0 Å². The van der Waals surface area contributed by atoms with Crippen LogP contribution in [0.2, 0.25) is 0 Å². The molecule has 0 aliphatic carbocycles. The maximum atomic E-state index is 13.6. The molecule has 0 spiro atoms. The fourth-order valence-corrected chi connectivity index (χ4v) is 4.62. The van der Waals surface area contributed by atoms with E-state index in [2.05, 4.69) is 15.4 Å². The normalized spacial score (nSPS) is 15.6. The number of aromatic nitrogens is 3. The summed E-state index contributed by atoms with van der Waals surface area (Å²) in [7, 11) is 1.44. The first-order valence-corrected chi connectivity index (χ1v) is 13.4. The van der Waals surface area contributed by atoms with Gasteiger partial charge in [0.1, 0.15) is 5.60 Å². The molecule has 1 N–H and O–H groups in total. The topological polar surface area (TPSA) is 115 Å². The predicted octanol–water partition coefficient (Wildman–Crippen LogP) is 5.65. The van der Waals surface area contributed by atoms with Gasteiger partial charge in [-0.05, 0) is 51.8 Å². The first-order chi connectivity index (χ1) is 19.5. The Kier molecular flexibility index (Phi) is 8.36. The Balaban J connectivity index is 1.66. The van der Waals surface area contributed by atoms with Crippen LogP contribution in [0.1, 0.15) is 91.5 Å². The number of hydrogen-bond donors (Lipinski definition) is 1. The molecule has 2 aromatic heterocycles. The molecule has 1 aliphatic heterocycles. The van der Waals surface area contributed by atoms with Crippen LogP contribution >= 0.6 is 0 Å². The van der Waals surface area contributed by atoms with Gasteiger partial charge in [-0.15, -0.1) is 0 Å². The number of carbonyl (C=O) groups excluding carboxylic acids is 3. The Morgan fingerprint density at radius 3 is 2.21 bits per heavy atom. The Hall–Kier alpha value is -4.00. The van der Waals surface area contributed by atoms with Crippen molar-refractivity contribution < 1.29 is 37.0 Å². The van der Waals surface area contributed by atoms with Crippen LogP contribution in [0.4, 0.5) is 18.0 Å². The molecule has 1 aromatic carbocycles. The van der Waals surface area contributed by atoms with Crippen LogP contribution in [0.25, 0.3) is 5.65 Å². The summed E-state index contributed by atoms with van der Waals surface area (Å²) in [6.45, 7) is 7.22. The molecule has 0 fully saturated rings. The lowest BCUT2D eigenvalue weighted by atomic mass is 9.85. The van der Waals surface area contributed by atoms with Crippen molar-refractivity contribution >= 4 is 23.6 Å². The maximum Gasteiger partial charge on any atom is 0.408 e. The highest BCUT2D eigenvalue weighted by Crippen LogP contribution is 2.42. The van der Waals surface area contributed by atoms with E-state index in [0.29, 0.717) is 22.3 Å². The molecule has 13 heteroatoms. The summed E-state index contributed by atoms with van der Waals surface area (Å²) in [4.78, 5) is 44.6. The van der Waals surface area contributed by atoms with E-state index in [1.165, 1.54) is 24.0 Å². The maximum absolute atomic E-state index is 13.6. The van der Waals surface area contributed by atoms with Gasteiger partial charge in [0.05, 0.1) is 53.3 Å². The first-order valence-electron chi connectivity index (χ1n) is 13.4. The number of amides is 3. The molecule has 226 valence electrons. The summed E-state index contributed by atoms with van der Waals surface area (Å²) in [6, 6.07) is 6.40. The van der Waals surface area contributed by atoms with Gasteiger partial charge in [-0.1, -0.05) is 26.0 Å². The number of ether oxygens (including phenoxy) is 2. The molecule has 4 rings (SSSR count). The van der Waals surface area contributed by atoms with Gasteiger partial charge in [0.25, 0.3) is 11.8 Å². The molecule has 0 bridgehead atoms. The standard InChI is InChI=1S/C29H34F3N5O5/c1-27(2,3)42-26(40)35-20(11-12-28(4,5)29(30,31)32)21-15-36-23(34-21)13-17(14-33-36)22(16-41-6)37-24(38)18-9-7-8-10-19(18)25(37)39/h7-10,13-15,20,22H,11-12,16H2,1-6H3,(H,35,40)/t20-,22+/m0/s1. The Morgan fingerprint density at radius 1 is 1.05 bits per heavy atom. The highest BCUT2D eigenvalue weighted by atomic mass is 19.4. The first kappa shape index (κ1) is 30.9. The molecule has 3 aromatic rings. The number of imidazole rings is 1. The molecular weight excluding hydrogens is 555 g/mol. The van der Waals surface area contributed by atoms with E-state index in [0.717, 1.165) is 18.7 Å². The van der Waals surface area contributed by atoms with Gasteiger partial charge in [-0.2, -0.15) is 18.3 Å². The highest BCUT2D eigenvalue weighted by molar-refractivity contribution is 6.21. The molecule has 0 saturated carbocycles. The van der Waals surface area contributed by atoms with Crippen molar-refractivity contribution in [3.63, 3.8) is 0 Å². The van der Waals surface area contributed by atoms with Crippen molar-refractivity contribution in [3.05, 3.63) is 65.1 Å². The SMILES string of the molecule is COC[C@H](c1cnn2cc([C@H](CCC(C)(C)C(F)(F)F)NC(=O)OC(C)(C)C)nc2c1)N1C(=O)c2ccccc2C1=O. The van der Waals surface area contributed by atoms with Gasteiger partial charge < -0.3 is 14.8 Å². The van der Waals surface area contributed by atoms with Gasteiger partial charge in [-0.3, -0.25) is 14.5 Å². The van der Waals surface area contributed by atoms with Gasteiger partial charge in [0, 0.05) is 12.7 Å². The third kappa shape index (κ3) is 6.40. The molecule has 42 heavy (non-hydrogen) atoms. The number of rotatable bonds is 9.